The molecule has 3 atom stereocenters. The second-order valence-electron chi connectivity index (χ2n) is 8.15. The van der Waals surface area contributed by atoms with Gasteiger partial charge in [0.25, 0.3) is 0 Å². The predicted octanol–water partition coefficient (Wildman–Crippen LogP) is 2.56. The van der Waals surface area contributed by atoms with E-state index in [0.717, 1.165) is 25.1 Å². The van der Waals surface area contributed by atoms with Crippen molar-refractivity contribution < 1.29 is 9.47 Å². The molecule has 2 heterocycles. The minimum atomic E-state index is -0.0583. The molecule has 3 nitrogen and oxygen atoms in total. The molecule has 3 heteroatoms. The highest BCUT2D eigenvalue weighted by Gasteiger charge is 2.77. The lowest BCUT2D eigenvalue weighted by Gasteiger charge is -2.70. The van der Waals surface area contributed by atoms with E-state index >= 15 is 0 Å². The highest BCUT2D eigenvalue weighted by Crippen LogP contribution is 2.73. The minimum absolute atomic E-state index is 0.0583. The summed E-state index contributed by atoms with van der Waals surface area (Å²) in [7, 11) is 1.91. The molecular weight excluding hydrogens is 274 g/mol. The molecular formula is C19H23NO2. The molecule has 4 fully saturated rings. The van der Waals surface area contributed by atoms with E-state index in [-0.39, 0.29) is 17.1 Å². The Bertz CT molecular complexity index is 676. The number of fused-ring (bicyclic) bond motifs is 2. The fourth-order valence-corrected chi connectivity index (χ4v) is 7.21. The van der Waals surface area contributed by atoms with Crippen molar-refractivity contribution in [2.75, 3.05) is 13.7 Å². The predicted molar refractivity (Wildman–Crippen MR) is 83.3 cm³/mol. The Morgan fingerprint density at radius 2 is 2.05 bits per heavy atom. The molecule has 6 aliphatic rings. The first kappa shape index (κ1) is 12.4. The Labute approximate surface area is 131 Å². The Morgan fingerprint density at radius 1 is 1.18 bits per heavy atom. The summed E-state index contributed by atoms with van der Waals surface area (Å²) in [6.45, 7) is 1.12. The molecule has 116 valence electrons. The number of hydrogen-bond acceptors (Lipinski definition) is 3. The van der Waals surface area contributed by atoms with E-state index in [4.69, 9.17) is 9.47 Å². The van der Waals surface area contributed by atoms with Gasteiger partial charge in [-0.1, -0.05) is 12.1 Å². The fraction of sp³-hybridized carbons (Fsp3) is 0.684. The van der Waals surface area contributed by atoms with Crippen molar-refractivity contribution in [2.45, 2.75) is 61.7 Å². The number of rotatable bonds is 1. The second kappa shape index (κ2) is 3.54. The number of benzene rings is 1. The van der Waals surface area contributed by atoms with Crippen molar-refractivity contribution in [2.24, 2.45) is 5.41 Å². The summed E-state index contributed by atoms with van der Waals surface area (Å²) in [5.74, 6) is 1.16. The van der Waals surface area contributed by atoms with Crippen molar-refractivity contribution in [1.82, 2.24) is 5.32 Å². The van der Waals surface area contributed by atoms with Crippen LogP contribution in [0.4, 0.5) is 0 Å². The van der Waals surface area contributed by atoms with E-state index in [1.165, 1.54) is 31.2 Å². The molecule has 1 saturated heterocycles. The highest BCUT2D eigenvalue weighted by atomic mass is 16.6. The third-order valence-corrected chi connectivity index (χ3v) is 8.01. The van der Waals surface area contributed by atoms with Crippen molar-refractivity contribution in [3.8, 4) is 5.75 Å². The van der Waals surface area contributed by atoms with Gasteiger partial charge < -0.3 is 14.8 Å². The summed E-state index contributed by atoms with van der Waals surface area (Å²) in [6.07, 6.45) is 7.55. The van der Waals surface area contributed by atoms with Gasteiger partial charge in [0.15, 0.2) is 0 Å². The Hall–Kier alpha value is -1.06. The van der Waals surface area contributed by atoms with Gasteiger partial charge in [0.2, 0.25) is 0 Å². The van der Waals surface area contributed by atoms with Gasteiger partial charge >= 0.3 is 0 Å². The quantitative estimate of drug-likeness (QED) is 0.864. The molecule has 1 aromatic rings. The van der Waals surface area contributed by atoms with Gasteiger partial charge in [-0.05, 0) is 62.1 Å². The molecule has 4 bridgehead atoms. The standard InChI is InChI=1S/C19H23NO2/c1-21-18-7-5-17(6-8-18)14-11-12-3-2-4-13-15(12)19(17,9-10-20-14)16(18)22-13/h2-4,14,16,20H,5-11H2,1H3. The summed E-state index contributed by atoms with van der Waals surface area (Å²) in [4.78, 5) is 0. The van der Waals surface area contributed by atoms with E-state index < -0.39 is 0 Å². The molecule has 2 spiro atoms. The van der Waals surface area contributed by atoms with Crippen LogP contribution < -0.4 is 10.1 Å². The van der Waals surface area contributed by atoms with Crippen molar-refractivity contribution >= 4 is 0 Å². The molecule has 7 rings (SSSR count). The SMILES string of the molecule is COC12CCC3(CC1)C1Cc4cccc5c4C3(CCN1)C2O5. The van der Waals surface area contributed by atoms with Crippen molar-refractivity contribution in [1.29, 1.82) is 0 Å². The number of nitrogens with one attached hydrogen (secondary N) is 1. The molecule has 0 aromatic heterocycles. The van der Waals surface area contributed by atoms with Gasteiger partial charge in [-0.15, -0.1) is 0 Å². The molecule has 3 saturated carbocycles. The largest absolute Gasteiger partial charge is 0.486 e. The molecule has 2 aliphatic heterocycles. The topological polar surface area (TPSA) is 30.5 Å². The van der Waals surface area contributed by atoms with Gasteiger partial charge in [0.1, 0.15) is 17.5 Å². The van der Waals surface area contributed by atoms with Gasteiger partial charge in [0.05, 0.1) is 0 Å². The minimum Gasteiger partial charge on any atom is -0.486 e. The first-order valence-corrected chi connectivity index (χ1v) is 8.83. The summed E-state index contributed by atoms with van der Waals surface area (Å²) >= 11 is 0. The Balaban J connectivity index is 1.72. The highest BCUT2D eigenvalue weighted by molar-refractivity contribution is 5.58. The lowest BCUT2D eigenvalue weighted by molar-refractivity contribution is -0.235. The van der Waals surface area contributed by atoms with E-state index in [1.807, 2.05) is 7.11 Å². The lowest BCUT2D eigenvalue weighted by Crippen LogP contribution is -2.78. The van der Waals surface area contributed by atoms with Gasteiger partial charge in [-0.2, -0.15) is 0 Å². The van der Waals surface area contributed by atoms with Gasteiger partial charge in [-0.25, -0.2) is 0 Å². The van der Waals surface area contributed by atoms with Crippen LogP contribution in [-0.4, -0.2) is 31.4 Å². The Morgan fingerprint density at radius 3 is 2.86 bits per heavy atom. The van der Waals surface area contributed by atoms with Crippen LogP contribution >= 0.6 is 0 Å². The second-order valence-corrected chi connectivity index (χ2v) is 8.15. The number of hydrogen-bond donors (Lipinski definition) is 1. The van der Waals surface area contributed by atoms with Gasteiger partial charge in [-0.3, -0.25) is 0 Å². The zero-order chi connectivity index (χ0) is 14.6. The lowest BCUT2D eigenvalue weighted by atomic mass is 9.37. The zero-order valence-corrected chi connectivity index (χ0v) is 13.2. The molecule has 4 aliphatic carbocycles. The first-order chi connectivity index (χ1) is 10.8. The number of methoxy groups -OCH3 is 1. The first-order valence-electron chi connectivity index (χ1n) is 8.83. The van der Waals surface area contributed by atoms with Crippen LogP contribution in [0, 0.1) is 5.41 Å². The monoisotopic (exact) mass is 297 g/mol. The zero-order valence-electron chi connectivity index (χ0n) is 13.2. The van der Waals surface area contributed by atoms with E-state index in [0.29, 0.717) is 11.5 Å². The van der Waals surface area contributed by atoms with Crippen LogP contribution in [0.1, 0.15) is 43.2 Å². The normalized spacial score (nSPS) is 49.7. The average molecular weight is 297 g/mol. The molecule has 1 N–H and O–H groups in total. The van der Waals surface area contributed by atoms with Crippen LogP contribution in [0.3, 0.4) is 0 Å². The summed E-state index contributed by atoms with van der Waals surface area (Å²) in [6, 6.07) is 7.34. The van der Waals surface area contributed by atoms with Crippen LogP contribution in [0.25, 0.3) is 0 Å². The number of piperidine rings is 1. The van der Waals surface area contributed by atoms with Crippen LogP contribution in [-0.2, 0) is 16.6 Å². The van der Waals surface area contributed by atoms with Crippen LogP contribution in [0.15, 0.2) is 18.2 Å². The molecule has 22 heavy (non-hydrogen) atoms. The summed E-state index contributed by atoms with van der Waals surface area (Å²) in [5.41, 5.74) is 3.65. The maximum Gasteiger partial charge on any atom is 0.138 e. The number of ether oxygens (including phenoxy) is 2. The summed E-state index contributed by atoms with van der Waals surface area (Å²) in [5, 5.41) is 3.88. The molecule has 1 aromatic carbocycles. The van der Waals surface area contributed by atoms with Crippen LogP contribution in [0.5, 0.6) is 5.75 Å². The van der Waals surface area contributed by atoms with Crippen molar-refractivity contribution in [3.63, 3.8) is 0 Å². The maximum absolute atomic E-state index is 6.65. The maximum atomic E-state index is 6.65. The third-order valence-electron chi connectivity index (χ3n) is 8.01. The molecule has 3 unspecified atom stereocenters. The molecule has 0 radical (unpaired) electrons. The van der Waals surface area contributed by atoms with E-state index in [1.54, 1.807) is 5.56 Å². The van der Waals surface area contributed by atoms with Crippen LogP contribution in [0.2, 0.25) is 0 Å². The summed E-state index contributed by atoms with van der Waals surface area (Å²) < 4.78 is 12.8. The fourth-order valence-electron chi connectivity index (χ4n) is 7.21. The van der Waals surface area contributed by atoms with Crippen molar-refractivity contribution in [3.05, 3.63) is 29.3 Å². The Kier molecular flexibility index (Phi) is 1.99. The average Bonchev–Trinajstić information content (AvgIpc) is 2.91. The third kappa shape index (κ3) is 1.00. The van der Waals surface area contributed by atoms with E-state index in [9.17, 15) is 0 Å². The molecule has 0 amide bonds. The van der Waals surface area contributed by atoms with E-state index in [2.05, 4.69) is 23.5 Å². The smallest absolute Gasteiger partial charge is 0.138 e. The van der Waals surface area contributed by atoms with Gasteiger partial charge in [0, 0.05) is 24.1 Å².